The van der Waals surface area contributed by atoms with Crippen molar-refractivity contribution in [2.75, 3.05) is 33.2 Å². The molecule has 0 saturated heterocycles. The smallest absolute Gasteiger partial charge is 0.243 e. The molecule has 4 amide bonds. The Morgan fingerprint density at radius 3 is 2.09 bits per heavy atom. The Morgan fingerprint density at radius 2 is 1.59 bits per heavy atom. The Kier molecular flexibility index (Phi) is 26.2. The summed E-state index contributed by atoms with van der Waals surface area (Å²) < 4.78 is 0. The molecule has 16 heteroatoms. The molecule has 15 N–H and O–H groups in total. The van der Waals surface area contributed by atoms with Crippen LogP contribution in [0.3, 0.4) is 0 Å². The van der Waals surface area contributed by atoms with Crippen molar-refractivity contribution in [1.82, 2.24) is 26.6 Å². The van der Waals surface area contributed by atoms with Crippen LogP contribution in [0.1, 0.15) is 44.6 Å². The molecule has 1 rings (SSSR count). The first-order chi connectivity index (χ1) is 20.9. The van der Waals surface area contributed by atoms with Crippen molar-refractivity contribution in [3.8, 4) is 0 Å². The molecule has 0 bridgehead atoms. The number of carbonyl (C=O) groups excluding carboxylic acids is 4. The molecule has 15 nitrogen and oxygen atoms in total. The predicted octanol–water partition coefficient (Wildman–Crippen LogP) is -1.69. The third-order valence-electron chi connectivity index (χ3n) is 5.35. The molecule has 0 fully saturated rings. The Hall–Kier alpha value is -4.28. The van der Waals surface area contributed by atoms with Crippen LogP contribution in [-0.2, 0) is 19.2 Å². The van der Waals surface area contributed by atoms with Gasteiger partial charge < -0.3 is 55.3 Å². The van der Waals surface area contributed by atoms with Crippen molar-refractivity contribution in [2.45, 2.75) is 58.0 Å². The average molecular weight is 638 g/mol. The summed E-state index contributed by atoms with van der Waals surface area (Å²) in [5.41, 5.74) is 30.4. The first-order valence-electron chi connectivity index (χ1n) is 14.1. The van der Waals surface area contributed by atoms with Crippen LogP contribution in [0.25, 0.3) is 0 Å². The van der Waals surface area contributed by atoms with E-state index in [4.69, 9.17) is 28.7 Å². The third-order valence-corrected chi connectivity index (χ3v) is 5.47. The van der Waals surface area contributed by atoms with Gasteiger partial charge in [0, 0.05) is 25.5 Å². The van der Waals surface area contributed by atoms with E-state index in [1.807, 2.05) is 38.4 Å². The summed E-state index contributed by atoms with van der Waals surface area (Å²) in [6, 6.07) is 8.56. The number of hydrogen-bond acceptors (Lipinski definition) is 9. The van der Waals surface area contributed by atoms with E-state index < -0.39 is 35.7 Å². The summed E-state index contributed by atoms with van der Waals surface area (Å²) >= 11 is 4.54. The summed E-state index contributed by atoms with van der Waals surface area (Å²) in [7, 11) is 1.84. The lowest BCUT2D eigenvalue weighted by Crippen LogP contribution is -2.51. The fourth-order valence-corrected chi connectivity index (χ4v) is 3.32. The molecule has 0 heterocycles. The number of aryl methyl sites for hydroxylation is 1. The van der Waals surface area contributed by atoms with E-state index in [0.29, 0.717) is 45.2 Å². The van der Waals surface area contributed by atoms with Crippen molar-refractivity contribution in [3.05, 3.63) is 47.8 Å². The summed E-state index contributed by atoms with van der Waals surface area (Å²) in [6.45, 7) is 4.11. The van der Waals surface area contributed by atoms with Crippen LogP contribution in [0.5, 0.6) is 0 Å². The van der Waals surface area contributed by atoms with Crippen molar-refractivity contribution in [1.29, 1.82) is 0 Å². The van der Waals surface area contributed by atoms with Gasteiger partial charge in [-0.15, -0.1) is 0 Å². The maximum absolute atomic E-state index is 12.1. The second-order valence-corrected chi connectivity index (χ2v) is 9.63. The standard InChI is InChI=1S/C16H33N9O4.C7H8.C5H10N2S/c17-6-2-1-5-11(15(29)23-8-12(19)26)25-13(27)9-24-14(28)10(18)4-3-7-22-16(20)21;1-7-5-3-2-4-6-7;1-5(3-6-2)7-4-8/h10-11H,1-9,17-18H2,(H2,19,26)(H,23,29)(H,24,28)(H,25,27)(H4,20,21,22);2-6H,1H3;3-4,6H,1-2H3,(H,7,8)/b;;5-3-. The first-order valence-corrected chi connectivity index (χ1v) is 14.5. The fourth-order valence-electron chi connectivity index (χ4n) is 3.14. The minimum Gasteiger partial charge on any atom is -0.393 e. The quantitative estimate of drug-likeness (QED) is 0.0375. The van der Waals surface area contributed by atoms with E-state index in [1.54, 1.807) is 0 Å². The Labute approximate surface area is 265 Å². The normalized spacial score (nSPS) is 11.4. The minimum absolute atomic E-state index is 0.0411. The number of nitrogens with zero attached hydrogens (tertiary/aromatic N) is 1. The van der Waals surface area contributed by atoms with Crippen LogP contribution in [0.4, 0.5) is 0 Å². The van der Waals surface area contributed by atoms with Crippen LogP contribution >= 0.6 is 12.2 Å². The van der Waals surface area contributed by atoms with E-state index in [1.165, 1.54) is 11.1 Å². The van der Waals surface area contributed by atoms with Gasteiger partial charge in [0.05, 0.1) is 24.6 Å². The van der Waals surface area contributed by atoms with Gasteiger partial charge >= 0.3 is 0 Å². The number of hydrogen-bond donors (Lipinski definition) is 10. The first kappa shape index (κ1) is 41.9. The van der Waals surface area contributed by atoms with Crippen molar-refractivity contribution in [2.24, 2.45) is 33.7 Å². The zero-order valence-electron chi connectivity index (χ0n) is 25.9. The highest BCUT2D eigenvalue weighted by Gasteiger charge is 2.21. The molecule has 0 aliphatic heterocycles. The topological polar surface area (TPSA) is 271 Å². The highest BCUT2D eigenvalue weighted by atomic mass is 32.1. The van der Waals surface area contributed by atoms with Crippen LogP contribution in [0.2, 0.25) is 0 Å². The van der Waals surface area contributed by atoms with Crippen molar-refractivity contribution < 1.29 is 19.2 Å². The zero-order chi connectivity index (χ0) is 33.8. The minimum atomic E-state index is -0.876. The number of rotatable bonds is 18. The summed E-state index contributed by atoms with van der Waals surface area (Å²) in [5, 5.41) is 13.0. The van der Waals surface area contributed by atoms with Gasteiger partial charge in [0.15, 0.2) is 5.96 Å². The number of allylic oxidation sites excluding steroid dienone is 1. The van der Waals surface area contributed by atoms with Gasteiger partial charge in [0.2, 0.25) is 23.6 Å². The van der Waals surface area contributed by atoms with E-state index in [2.05, 4.69) is 62.9 Å². The molecule has 0 aliphatic rings. The van der Waals surface area contributed by atoms with E-state index >= 15 is 0 Å². The lowest BCUT2D eigenvalue weighted by Gasteiger charge is -2.18. The molecule has 248 valence electrons. The molecule has 0 aliphatic carbocycles. The monoisotopic (exact) mass is 637 g/mol. The number of carbonyl (C=O) groups is 4. The molecule has 0 spiro atoms. The number of thiocarbonyl (C=S) groups is 1. The summed E-state index contributed by atoms with van der Waals surface area (Å²) in [4.78, 5) is 50.7. The van der Waals surface area contributed by atoms with E-state index in [-0.39, 0.29) is 19.0 Å². The molecule has 44 heavy (non-hydrogen) atoms. The van der Waals surface area contributed by atoms with Gasteiger partial charge in [-0.2, -0.15) is 0 Å². The molecule has 0 radical (unpaired) electrons. The van der Waals surface area contributed by atoms with Gasteiger partial charge in [-0.1, -0.05) is 48.1 Å². The van der Waals surface area contributed by atoms with Crippen molar-refractivity contribution in [3.63, 3.8) is 0 Å². The SMILES string of the molecule is CN/C=C(/C)NC=S.Cc1ccccc1.NCCCCC(NC(=O)CNC(=O)C(N)CCCN=C(N)N)C(=O)NCC(N)=O. The lowest BCUT2D eigenvalue weighted by atomic mass is 10.1. The summed E-state index contributed by atoms with van der Waals surface area (Å²) in [5.74, 6) is -2.37. The number of nitrogens with two attached hydrogens (primary N) is 5. The molecule has 1 aromatic carbocycles. The van der Waals surface area contributed by atoms with Crippen LogP contribution in [-0.4, -0.2) is 80.4 Å². The van der Waals surface area contributed by atoms with Gasteiger partial charge in [-0.05, 0) is 52.5 Å². The number of nitrogens with one attached hydrogen (secondary N) is 5. The largest absolute Gasteiger partial charge is 0.393 e. The third kappa shape index (κ3) is 26.6. The molecule has 0 aromatic heterocycles. The number of unbranched alkanes of at least 4 members (excludes halogenated alkanes) is 1. The predicted molar refractivity (Wildman–Crippen MR) is 179 cm³/mol. The second kappa shape index (κ2) is 27.5. The molecule has 2 unspecified atom stereocenters. The Bertz CT molecular complexity index is 1040. The van der Waals surface area contributed by atoms with Gasteiger partial charge in [-0.25, -0.2) is 0 Å². The number of aliphatic imine (C=N–C) groups is 1. The zero-order valence-corrected chi connectivity index (χ0v) is 26.8. The van der Waals surface area contributed by atoms with Gasteiger partial charge in [0.25, 0.3) is 0 Å². The molecule has 0 saturated carbocycles. The molecular weight excluding hydrogens is 586 g/mol. The second-order valence-electron chi connectivity index (χ2n) is 9.39. The fraction of sp³-hybridized carbons (Fsp3) is 0.500. The number of benzene rings is 1. The highest BCUT2D eigenvalue weighted by molar-refractivity contribution is 7.78. The van der Waals surface area contributed by atoms with Crippen LogP contribution < -0.4 is 55.3 Å². The summed E-state index contributed by atoms with van der Waals surface area (Å²) in [6.07, 6.45) is 4.26. The van der Waals surface area contributed by atoms with Crippen LogP contribution in [0.15, 0.2) is 47.2 Å². The molecule has 2 atom stereocenters. The number of guanidine groups is 1. The average Bonchev–Trinajstić information content (AvgIpc) is 2.97. The van der Waals surface area contributed by atoms with E-state index in [0.717, 1.165) is 5.70 Å². The van der Waals surface area contributed by atoms with Crippen molar-refractivity contribution >= 4 is 47.3 Å². The van der Waals surface area contributed by atoms with Gasteiger partial charge in [-0.3, -0.25) is 24.2 Å². The number of primary amides is 1. The maximum atomic E-state index is 12.1. The van der Waals surface area contributed by atoms with E-state index in [9.17, 15) is 19.2 Å². The lowest BCUT2D eigenvalue weighted by molar-refractivity contribution is -0.131. The number of amides is 4. The highest BCUT2D eigenvalue weighted by Crippen LogP contribution is 2.01. The van der Waals surface area contributed by atoms with Gasteiger partial charge in [0.1, 0.15) is 6.04 Å². The maximum Gasteiger partial charge on any atom is 0.243 e. The Morgan fingerprint density at radius 1 is 0.955 bits per heavy atom. The molecule has 1 aromatic rings. The van der Waals surface area contributed by atoms with Crippen LogP contribution in [0, 0.1) is 6.92 Å². The Balaban J connectivity index is 0. The molecular formula is C28H51N11O4S.